The summed E-state index contributed by atoms with van der Waals surface area (Å²) in [6, 6.07) is 12.2. The fourth-order valence-corrected chi connectivity index (χ4v) is 3.81. The Balaban J connectivity index is 1.36. The summed E-state index contributed by atoms with van der Waals surface area (Å²) in [5.74, 6) is 0.433. The molecule has 1 aliphatic rings. The lowest BCUT2D eigenvalue weighted by molar-refractivity contribution is 0.102. The first kappa shape index (κ1) is 20.9. The molecule has 1 aromatic carbocycles. The second kappa shape index (κ2) is 8.87. The highest BCUT2D eigenvalue weighted by molar-refractivity contribution is 6.04. The maximum Gasteiger partial charge on any atom is 0.257 e. The van der Waals surface area contributed by atoms with E-state index >= 15 is 0 Å². The number of piperazine rings is 1. The summed E-state index contributed by atoms with van der Waals surface area (Å²) in [6.45, 7) is 3.65. The van der Waals surface area contributed by atoms with Crippen molar-refractivity contribution in [1.29, 1.82) is 0 Å². The molecule has 1 fully saturated rings. The molecular formula is C24H22FN7O. The lowest BCUT2D eigenvalue weighted by Gasteiger charge is -2.33. The third-order valence-corrected chi connectivity index (χ3v) is 5.70. The van der Waals surface area contributed by atoms with Gasteiger partial charge in [0.2, 0.25) is 0 Å². The zero-order valence-electron chi connectivity index (χ0n) is 18.1. The molecule has 0 saturated carbocycles. The third kappa shape index (κ3) is 4.63. The molecule has 0 unspecified atom stereocenters. The highest BCUT2D eigenvalue weighted by atomic mass is 19.1. The van der Waals surface area contributed by atoms with Gasteiger partial charge in [0.1, 0.15) is 11.6 Å². The van der Waals surface area contributed by atoms with Crippen LogP contribution in [-0.2, 0) is 0 Å². The van der Waals surface area contributed by atoms with E-state index < -0.39 is 5.82 Å². The Bertz CT molecular complexity index is 1320. The summed E-state index contributed by atoms with van der Waals surface area (Å²) in [5, 5.41) is 11.9. The molecule has 1 amide bonds. The molecular weight excluding hydrogens is 421 g/mol. The summed E-state index contributed by atoms with van der Waals surface area (Å²) < 4.78 is 13.6. The molecule has 0 radical (unpaired) electrons. The van der Waals surface area contributed by atoms with Gasteiger partial charge in [-0.15, -0.1) is 10.2 Å². The first-order valence-corrected chi connectivity index (χ1v) is 10.6. The van der Waals surface area contributed by atoms with E-state index in [4.69, 9.17) is 0 Å². The molecule has 0 aliphatic carbocycles. The molecule has 3 aromatic heterocycles. The Morgan fingerprint density at radius 1 is 0.970 bits per heavy atom. The van der Waals surface area contributed by atoms with Crippen LogP contribution in [0.5, 0.6) is 0 Å². The van der Waals surface area contributed by atoms with E-state index in [-0.39, 0.29) is 5.91 Å². The number of hydrogen-bond acceptors (Lipinski definition) is 7. The number of fused-ring (bicyclic) bond motifs is 1. The zero-order chi connectivity index (χ0) is 22.8. The summed E-state index contributed by atoms with van der Waals surface area (Å²) in [7, 11) is 2.09. The average Bonchev–Trinajstić information content (AvgIpc) is 2.84. The van der Waals surface area contributed by atoms with E-state index in [9.17, 15) is 9.18 Å². The maximum absolute atomic E-state index is 13.6. The fourth-order valence-electron chi connectivity index (χ4n) is 3.81. The van der Waals surface area contributed by atoms with Gasteiger partial charge in [-0.2, -0.15) is 0 Å². The maximum atomic E-state index is 13.6. The van der Waals surface area contributed by atoms with Crippen LogP contribution in [0.4, 0.5) is 16.0 Å². The molecule has 1 N–H and O–H groups in total. The zero-order valence-corrected chi connectivity index (χ0v) is 18.1. The Morgan fingerprint density at radius 3 is 2.64 bits per heavy atom. The normalized spacial score (nSPS) is 14.4. The number of anilines is 2. The molecule has 4 aromatic rings. The van der Waals surface area contributed by atoms with Crippen LogP contribution >= 0.6 is 0 Å². The summed E-state index contributed by atoms with van der Waals surface area (Å²) >= 11 is 0. The van der Waals surface area contributed by atoms with Crippen LogP contribution in [0.25, 0.3) is 22.0 Å². The van der Waals surface area contributed by atoms with Gasteiger partial charge >= 0.3 is 0 Å². The number of halogens is 1. The average molecular weight is 443 g/mol. The van der Waals surface area contributed by atoms with Crippen molar-refractivity contribution < 1.29 is 9.18 Å². The Labute approximate surface area is 190 Å². The smallest absolute Gasteiger partial charge is 0.257 e. The second-order valence-electron chi connectivity index (χ2n) is 8.04. The molecule has 1 aliphatic heterocycles. The topological polar surface area (TPSA) is 87.1 Å². The third-order valence-electron chi connectivity index (χ3n) is 5.70. The van der Waals surface area contributed by atoms with Gasteiger partial charge in [-0.3, -0.25) is 9.78 Å². The van der Waals surface area contributed by atoms with Gasteiger partial charge < -0.3 is 15.1 Å². The van der Waals surface area contributed by atoms with E-state index in [2.05, 4.69) is 42.3 Å². The lowest BCUT2D eigenvalue weighted by atomic mass is 10.1. The monoisotopic (exact) mass is 443 g/mol. The predicted octanol–water partition coefficient (Wildman–Crippen LogP) is 3.23. The van der Waals surface area contributed by atoms with Crippen molar-refractivity contribution in [2.75, 3.05) is 43.4 Å². The molecule has 0 atom stereocenters. The second-order valence-corrected chi connectivity index (χ2v) is 8.04. The number of benzene rings is 1. The molecule has 0 spiro atoms. The highest BCUT2D eigenvalue weighted by Crippen LogP contribution is 2.25. The number of amides is 1. The number of nitrogens with one attached hydrogen (secondary N) is 1. The minimum atomic E-state index is -0.401. The van der Waals surface area contributed by atoms with Crippen molar-refractivity contribution in [2.45, 2.75) is 0 Å². The Hall–Kier alpha value is -3.98. The molecule has 9 heteroatoms. The Kier molecular flexibility index (Phi) is 5.62. The lowest BCUT2D eigenvalue weighted by Crippen LogP contribution is -2.44. The van der Waals surface area contributed by atoms with Crippen LogP contribution < -0.4 is 10.2 Å². The van der Waals surface area contributed by atoms with Crippen LogP contribution in [0.2, 0.25) is 0 Å². The molecule has 0 bridgehead atoms. The minimum Gasteiger partial charge on any atom is -0.354 e. The molecule has 4 heterocycles. The van der Waals surface area contributed by atoms with E-state index in [1.54, 1.807) is 36.7 Å². The SMILES string of the molecule is CN1CCN(c2cc(C(=O)Nc3cc4cc(-c5cncc(F)c5)ccc4nn3)ccn2)CC1. The number of hydrogen-bond donors (Lipinski definition) is 1. The van der Waals surface area contributed by atoms with E-state index in [0.717, 1.165) is 49.1 Å². The molecule has 166 valence electrons. The van der Waals surface area contributed by atoms with Crippen molar-refractivity contribution in [3.8, 4) is 11.1 Å². The van der Waals surface area contributed by atoms with E-state index in [1.165, 1.54) is 6.07 Å². The van der Waals surface area contributed by atoms with E-state index in [1.807, 2.05) is 12.1 Å². The summed E-state index contributed by atoms with van der Waals surface area (Å²) in [4.78, 5) is 25.7. The summed E-state index contributed by atoms with van der Waals surface area (Å²) in [5.41, 5.74) is 2.63. The summed E-state index contributed by atoms with van der Waals surface area (Å²) in [6.07, 6.45) is 4.41. The largest absolute Gasteiger partial charge is 0.354 e. The van der Waals surface area contributed by atoms with Crippen LogP contribution in [-0.4, -0.2) is 64.2 Å². The van der Waals surface area contributed by atoms with Gasteiger partial charge in [-0.25, -0.2) is 9.37 Å². The van der Waals surface area contributed by atoms with Gasteiger partial charge in [0.25, 0.3) is 5.91 Å². The standard InChI is InChI=1S/C24H22FN7O/c1-31-6-8-32(9-7-31)23-13-17(4-5-27-23)24(33)28-22-12-18-10-16(2-3-21(18)29-30-22)19-11-20(25)15-26-14-19/h2-5,10-15H,6-9H2,1H3,(H,28,30,33). The first-order chi connectivity index (χ1) is 16.0. The quantitative estimate of drug-likeness (QED) is 0.518. The van der Waals surface area contributed by atoms with Gasteiger partial charge in [-0.1, -0.05) is 6.07 Å². The minimum absolute atomic E-state index is 0.285. The number of likely N-dealkylation sites (N-methyl/N-ethyl adjacent to an activating group) is 1. The van der Waals surface area contributed by atoms with Crippen molar-refractivity contribution in [2.24, 2.45) is 0 Å². The van der Waals surface area contributed by atoms with Crippen LogP contribution in [0.15, 0.2) is 61.1 Å². The molecule has 8 nitrogen and oxygen atoms in total. The molecule has 5 rings (SSSR count). The van der Waals surface area contributed by atoms with Crippen LogP contribution in [0.1, 0.15) is 10.4 Å². The molecule has 33 heavy (non-hydrogen) atoms. The van der Waals surface area contributed by atoms with Crippen molar-refractivity contribution in [3.05, 3.63) is 72.4 Å². The van der Waals surface area contributed by atoms with Crippen LogP contribution in [0, 0.1) is 5.82 Å². The Morgan fingerprint density at radius 2 is 1.82 bits per heavy atom. The van der Waals surface area contributed by atoms with Crippen molar-refractivity contribution >= 4 is 28.4 Å². The van der Waals surface area contributed by atoms with Gasteiger partial charge in [-0.05, 0) is 49.0 Å². The number of carbonyl (C=O) groups is 1. The number of carbonyl (C=O) groups excluding carboxylic acids is 1. The number of aromatic nitrogens is 4. The highest BCUT2D eigenvalue weighted by Gasteiger charge is 2.17. The van der Waals surface area contributed by atoms with Crippen LogP contribution in [0.3, 0.4) is 0 Å². The number of nitrogens with zero attached hydrogens (tertiary/aromatic N) is 6. The van der Waals surface area contributed by atoms with Crippen molar-refractivity contribution in [1.82, 2.24) is 25.1 Å². The van der Waals surface area contributed by atoms with Gasteiger partial charge in [0.15, 0.2) is 5.82 Å². The fraction of sp³-hybridized carbons (Fsp3) is 0.208. The predicted molar refractivity (Wildman–Crippen MR) is 125 cm³/mol. The number of rotatable bonds is 4. The van der Waals surface area contributed by atoms with Crippen molar-refractivity contribution in [3.63, 3.8) is 0 Å². The first-order valence-electron chi connectivity index (χ1n) is 10.6. The van der Waals surface area contributed by atoms with Gasteiger partial charge in [0.05, 0.1) is 11.7 Å². The van der Waals surface area contributed by atoms with Gasteiger partial charge in [0, 0.05) is 55.1 Å². The molecule has 1 saturated heterocycles. The van der Waals surface area contributed by atoms with E-state index in [0.29, 0.717) is 22.5 Å². The number of pyridine rings is 2.